The first-order chi connectivity index (χ1) is 9.09. The summed E-state index contributed by atoms with van der Waals surface area (Å²) in [7, 11) is -2.62. The molecule has 0 heterocycles. The van der Waals surface area contributed by atoms with E-state index in [1.807, 2.05) is 6.07 Å². The van der Waals surface area contributed by atoms with Crippen molar-refractivity contribution in [3.8, 4) is 5.75 Å². The van der Waals surface area contributed by atoms with Crippen LogP contribution >= 0.6 is 8.60 Å². The van der Waals surface area contributed by atoms with Gasteiger partial charge in [-0.2, -0.15) is 0 Å². The van der Waals surface area contributed by atoms with Gasteiger partial charge in [-0.3, -0.25) is 0 Å². The Morgan fingerprint density at radius 3 is 2.00 bits per heavy atom. The van der Waals surface area contributed by atoms with Gasteiger partial charge in [0.2, 0.25) is 0 Å². The fourth-order valence-corrected chi connectivity index (χ4v) is 1.97. The van der Waals surface area contributed by atoms with Gasteiger partial charge in [0.25, 0.3) is 0 Å². The molecule has 116 valence electrons. The third-order valence-corrected chi connectivity index (χ3v) is 3.06. The Kier molecular flexibility index (Phi) is 8.29. The van der Waals surface area contributed by atoms with E-state index in [0.717, 1.165) is 12.0 Å². The zero-order valence-electron chi connectivity index (χ0n) is 13.0. The lowest BCUT2D eigenvalue weighted by Crippen LogP contribution is -2.12. The second-order valence-corrected chi connectivity index (χ2v) is 6.45. The molecule has 0 radical (unpaired) electrons. The first kappa shape index (κ1) is 19.3. The van der Waals surface area contributed by atoms with Crippen molar-refractivity contribution in [3.63, 3.8) is 0 Å². The van der Waals surface area contributed by atoms with Gasteiger partial charge in [0.15, 0.2) is 0 Å². The molecule has 0 aliphatic carbocycles. The summed E-state index contributed by atoms with van der Waals surface area (Å²) in [6.45, 7) is 10.7. The number of hydrogen-bond acceptors (Lipinski definition) is 4. The summed E-state index contributed by atoms with van der Waals surface area (Å²) in [6.07, 6.45) is 3.55. The van der Waals surface area contributed by atoms with E-state index in [1.54, 1.807) is 0 Å². The molecule has 20 heavy (non-hydrogen) atoms. The Morgan fingerprint density at radius 2 is 1.60 bits per heavy atom. The first-order valence-corrected chi connectivity index (χ1v) is 7.99. The average molecular weight is 302 g/mol. The molecule has 0 spiro atoms. The van der Waals surface area contributed by atoms with Crippen molar-refractivity contribution in [3.05, 3.63) is 28.8 Å². The Labute approximate surface area is 123 Å². The number of aromatic hydroxyl groups is 1. The third kappa shape index (κ3) is 7.20. The maximum absolute atomic E-state index is 9.98. The second kappa shape index (κ2) is 8.58. The zero-order chi connectivity index (χ0) is 15.9. The normalized spacial score (nSPS) is 11.2. The molecule has 1 aromatic rings. The molecule has 0 aromatic heterocycles. The molecule has 0 saturated carbocycles. The second-order valence-electron chi connectivity index (χ2n) is 5.92. The van der Waals surface area contributed by atoms with Crippen LogP contribution in [0.1, 0.15) is 57.2 Å². The Hall–Kier alpha value is -0.670. The molecule has 0 unspecified atom stereocenters. The lowest BCUT2D eigenvalue weighted by Gasteiger charge is -2.22. The largest absolute Gasteiger partial charge is 0.508 e. The van der Waals surface area contributed by atoms with Gasteiger partial charge in [-0.25, -0.2) is 0 Å². The molecule has 0 fully saturated rings. The topological polar surface area (TPSA) is 80.9 Å². The van der Waals surface area contributed by atoms with E-state index in [9.17, 15) is 5.11 Å². The van der Waals surface area contributed by atoms with Crippen LogP contribution in [0.2, 0.25) is 0 Å². The minimum atomic E-state index is -2.62. The number of unbranched alkanes of at least 4 members (excludes halogenated alkanes) is 1. The number of hydrogen-bond donors (Lipinski definition) is 4. The molecule has 0 bridgehead atoms. The van der Waals surface area contributed by atoms with E-state index in [4.69, 9.17) is 14.7 Å². The molecular weight excluding hydrogens is 275 g/mol. The van der Waals surface area contributed by atoms with E-state index >= 15 is 0 Å². The van der Waals surface area contributed by atoms with Gasteiger partial charge in [-0.15, -0.1) is 0 Å². The van der Waals surface area contributed by atoms with Gasteiger partial charge < -0.3 is 19.8 Å². The monoisotopic (exact) mass is 302 g/mol. The van der Waals surface area contributed by atoms with Crippen molar-refractivity contribution in [2.75, 3.05) is 0 Å². The van der Waals surface area contributed by atoms with Crippen LogP contribution in [0.4, 0.5) is 0 Å². The molecule has 0 aliphatic rings. The smallest absolute Gasteiger partial charge is 0.324 e. The molecule has 0 aliphatic heterocycles. The molecular formula is C15H27O4P. The highest BCUT2D eigenvalue weighted by atomic mass is 31.2. The molecule has 4 nitrogen and oxygen atoms in total. The van der Waals surface area contributed by atoms with Crippen molar-refractivity contribution in [2.45, 2.75) is 59.3 Å². The van der Waals surface area contributed by atoms with Gasteiger partial charge in [-0.05, 0) is 47.9 Å². The maximum Gasteiger partial charge on any atom is 0.324 e. The fourth-order valence-electron chi connectivity index (χ4n) is 1.97. The van der Waals surface area contributed by atoms with Crippen molar-refractivity contribution in [1.29, 1.82) is 0 Å². The van der Waals surface area contributed by atoms with Crippen LogP contribution < -0.4 is 0 Å². The summed E-state index contributed by atoms with van der Waals surface area (Å²) in [5.41, 5.74) is 3.66. The molecule has 5 heteroatoms. The van der Waals surface area contributed by atoms with Crippen molar-refractivity contribution < 1.29 is 19.8 Å². The summed E-state index contributed by atoms with van der Waals surface area (Å²) in [4.78, 5) is 21.7. The quantitative estimate of drug-likeness (QED) is 0.644. The SMILES string of the molecule is CCCCc1cc(C(C)(C)C)c(O)cc1C.OP(O)O. The average Bonchev–Trinajstić information content (AvgIpc) is 2.25. The minimum Gasteiger partial charge on any atom is -0.508 e. The van der Waals surface area contributed by atoms with E-state index in [0.29, 0.717) is 5.75 Å². The van der Waals surface area contributed by atoms with Gasteiger partial charge in [0.1, 0.15) is 5.75 Å². The highest BCUT2D eigenvalue weighted by Crippen LogP contribution is 2.33. The van der Waals surface area contributed by atoms with E-state index in [1.165, 1.54) is 24.0 Å². The van der Waals surface area contributed by atoms with Gasteiger partial charge >= 0.3 is 8.60 Å². The summed E-state index contributed by atoms with van der Waals surface area (Å²) < 4.78 is 0. The first-order valence-electron chi connectivity index (χ1n) is 6.79. The summed E-state index contributed by atoms with van der Waals surface area (Å²) >= 11 is 0. The lowest BCUT2D eigenvalue weighted by atomic mass is 9.84. The standard InChI is InChI=1S/C15H24O.H3O3P/c1-6-7-8-12-10-13(15(3,4)5)14(16)9-11(12)2;1-4(2)3/h9-10,16H,6-8H2,1-5H3;1-3H. The van der Waals surface area contributed by atoms with E-state index in [-0.39, 0.29) is 5.41 Å². The predicted octanol–water partition coefficient (Wildman–Crippen LogP) is 3.53. The van der Waals surface area contributed by atoms with Crippen LogP contribution in [0.25, 0.3) is 0 Å². The van der Waals surface area contributed by atoms with Gasteiger partial charge in [0, 0.05) is 0 Å². The number of aryl methyl sites for hydroxylation is 2. The Morgan fingerprint density at radius 1 is 1.10 bits per heavy atom. The Balaban J connectivity index is 0.000000796. The predicted molar refractivity (Wildman–Crippen MR) is 83.7 cm³/mol. The number of benzene rings is 1. The minimum absolute atomic E-state index is 0.0126. The van der Waals surface area contributed by atoms with Crippen LogP contribution in [-0.4, -0.2) is 19.8 Å². The van der Waals surface area contributed by atoms with Crippen molar-refractivity contribution in [1.82, 2.24) is 0 Å². The fraction of sp³-hybridized carbons (Fsp3) is 0.600. The molecule has 1 aromatic carbocycles. The van der Waals surface area contributed by atoms with E-state index < -0.39 is 8.60 Å². The zero-order valence-corrected chi connectivity index (χ0v) is 13.9. The van der Waals surface area contributed by atoms with Gasteiger partial charge in [0.05, 0.1) is 0 Å². The van der Waals surface area contributed by atoms with Crippen LogP contribution in [0.5, 0.6) is 5.75 Å². The summed E-state index contributed by atoms with van der Waals surface area (Å²) in [5, 5.41) is 9.98. The molecule has 0 atom stereocenters. The summed E-state index contributed by atoms with van der Waals surface area (Å²) in [6, 6.07) is 4.09. The number of phenols is 1. The van der Waals surface area contributed by atoms with Crippen molar-refractivity contribution in [2.24, 2.45) is 0 Å². The van der Waals surface area contributed by atoms with Crippen molar-refractivity contribution >= 4 is 8.60 Å². The molecule has 0 saturated heterocycles. The van der Waals surface area contributed by atoms with Crippen LogP contribution in [0, 0.1) is 6.92 Å². The molecule has 0 amide bonds. The maximum atomic E-state index is 9.98. The summed E-state index contributed by atoms with van der Waals surface area (Å²) in [5.74, 6) is 0.435. The third-order valence-electron chi connectivity index (χ3n) is 3.06. The van der Waals surface area contributed by atoms with Gasteiger partial charge in [-0.1, -0.05) is 40.2 Å². The Bertz CT molecular complexity index is 408. The van der Waals surface area contributed by atoms with E-state index in [2.05, 4.69) is 40.7 Å². The number of rotatable bonds is 3. The molecule has 4 N–H and O–H groups in total. The molecule has 1 rings (SSSR count). The highest BCUT2D eigenvalue weighted by molar-refractivity contribution is 7.38. The highest BCUT2D eigenvalue weighted by Gasteiger charge is 2.19. The number of phenolic OH excluding ortho intramolecular Hbond substituents is 1. The van der Waals surface area contributed by atoms with Crippen LogP contribution in [-0.2, 0) is 11.8 Å². The van der Waals surface area contributed by atoms with Crippen LogP contribution in [0.3, 0.4) is 0 Å². The lowest BCUT2D eigenvalue weighted by molar-refractivity contribution is 0.368. The van der Waals surface area contributed by atoms with Crippen LogP contribution in [0.15, 0.2) is 12.1 Å².